The molecule has 4 N–H and O–H groups in total. The average Bonchev–Trinajstić information content (AvgIpc) is 1.82. The summed E-state index contributed by atoms with van der Waals surface area (Å²) in [6.07, 6.45) is -2.29. The first-order valence-electron chi connectivity index (χ1n) is 3.17. The zero-order chi connectivity index (χ0) is 10.6. The van der Waals surface area contributed by atoms with Crippen LogP contribution in [0.5, 0.6) is 0 Å². The zero-order valence-corrected chi connectivity index (χ0v) is 8.21. The molecule has 0 aromatic rings. The summed E-state index contributed by atoms with van der Waals surface area (Å²) >= 11 is 0. The first kappa shape index (κ1) is 21.1. The Bertz CT molecular complexity index is 238. The van der Waals surface area contributed by atoms with Crippen molar-refractivity contribution in [2.24, 2.45) is 0 Å². The fraction of sp³-hybridized carbons (Fsp3) is 0.500. The molecule has 0 heterocycles. The van der Waals surface area contributed by atoms with Crippen molar-refractivity contribution in [2.75, 3.05) is 0 Å². The monoisotopic (exact) mass is 339 g/mol. The maximum absolute atomic E-state index is 10.3. The van der Waals surface area contributed by atoms with Crippen molar-refractivity contribution in [1.82, 2.24) is 0 Å². The van der Waals surface area contributed by atoms with Gasteiger partial charge in [0.1, 0.15) is 0 Å². The average molecular weight is 340 g/mol. The molecule has 0 saturated carbocycles. The molecule has 0 rings (SSSR count). The van der Waals surface area contributed by atoms with Crippen LogP contribution in [0.25, 0.3) is 0 Å². The molecule has 0 aliphatic heterocycles. The van der Waals surface area contributed by atoms with E-state index in [2.05, 4.69) is 0 Å². The molecule has 7 nitrogen and oxygen atoms in total. The van der Waals surface area contributed by atoms with Crippen LogP contribution in [0.2, 0.25) is 0 Å². The molecule has 0 fully saturated rings. The van der Waals surface area contributed by atoms with E-state index in [1.807, 2.05) is 0 Å². The van der Waals surface area contributed by atoms with Crippen LogP contribution in [0.3, 0.4) is 0 Å². The Balaban J connectivity index is -0.000000720. The Labute approximate surface area is 143 Å². The van der Waals surface area contributed by atoms with Crippen molar-refractivity contribution < 1.29 is 57.2 Å². The number of aliphatic hydroxyl groups is 1. The van der Waals surface area contributed by atoms with Gasteiger partial charge in [0.2, 0.25) is 0 Å². The van der Waals surface area contributed by atoms with Gasteiger partial charge in [-0.15, -0.1) is 0 Å². The van der Waals surface area contributed by atoms with Gasteiger partial charge in [0.15, 0.2) is 5.60 Å². The number of rotatable bonds is 5. The molecule has 0 aliphatic rings. The van der Waals surface area contributed by atoms with Crippen molar-refractivity contribution in [3.63, 3.8) is 0 Å². The molecular formula is C6H9AgKO7. The number of hydrogen-bond acceptors (Lipinski definition) is 4. The van der Waals surface area contributed by atoms with Crippen LogP contribution in [0.4, 0.5) is 0 Å². The van der Waals surface area contributed by atoms with Gasteiger partial charge in [-0.25, -0.2) is 4.79 Å². The molecular weight excluding hydrogens is 331 g/mol. The van der Waals surface area contributed by atoms with Crippen LogP contribution in [-0.4, -0.2) is 95.3 Å². The molecule has 0 aromatic heterocycles. The molecule has 0 aliphatic carbocycles. The number of hydrogen-bond donors (Lipinski definition) is 4. The summed E-state index contributed by atoms with van der Waals surface area (Å²) in [5.74, 6) is -5.02. The van der Waals surface area contributed by atoms with E-state index in [-0.39, 0.29) is 73.8 Å². The van der Waals surface area contributed by atoms with Gasteiger partial charge < -0.3 is 20.4 Å². The van der Waals surface area contributed by atoms with E-state index in [1.54, 1.807) is 0 Å². The second kappa shape index (κ2) is 8.85. The Morgan fingerprint density at radius 3 is 1.33 bits per heavy atom. The van der Waals surface area contributed by atoms with Gasteiger partial charge in [0.25, 0.3) is 0 Å². The third-order valence-corrected chi connectivity index (χ3v) is 1.29. The Hall–Kier alpha value is 0.747. The predicted molar refractivity (Wildman–Crippen MR) is 44.2 cm³/mol. The zero-order valence-electron chi connectivity index (χ0n) is 6.73. The van der Waals surface area contributed by atoms with E-state index < -0.39 is 36.4 Å². The summed E-state index contributed by atoms with van der Waals surface area (Å²) in [5.41, 5.74) is -2.74. The number of carboxylic acids is 3. The molecule has 1 radical (unpaired) electrons. The molecule has 0 atom stereocenters. The SMILES string of the molecule is O=C(O)CC(O)(CC(=O)O)C(=O)O.[Ag].[KH]. The Morgan fingerprint density at radius 1 is 0.933 bits per heavy atom. The van der Waals surface area contributed by atoms with Crippen LogP contribution in [0, 0.1) is 0 Å². The summed E-state index contributed by atoms with van der Waals surface area (Å²) in [5, 5.41) is 33.8. The molecule has 0 spiro atoms. The van der Waals surface area contributed by atoms with Gasteiger partial charge in [0.05, 0.1) is 12.8 Å². The fourth-order valence-electron chi connectivity index (χ4n) is 0.714. The molecule has 0 aromatic carbocycles. The first-order valence-corrected chi connectivity index (χ1v) is 3.17. The van der Waals surface area contributed by atoms with Crippen LogP contribution in [0.15, 0.2) is 0 Å². The van der Waals surface area contributed by atoms with Crippen LogP contribution in [-0.2, 0) is 36.8 Å². The fourth-order valence-corrected chi connectivity index (χ4v) is 0.714. The van der Waals surface area contributed by atoms with E-state index in [4.69, 9.17) is 20.4 Å². The third-order valence-electron chi connectivity index (χ3n) is 1.29. The van der Waals surface area contributed by atoms with Crippen LogP contribution < -0.4 is 0 Å². The van der Waals surface area contributed by atoms with E-state index in [0.717, 1.165) is 0 Å². The van der Waals surface area contributed by atoms with E-state index in [9.17, 15) is 14.4 Å². The standard InChI is InChI=1S/C6H8O7.Ag.K.H/c7-3(8)1-6(13,5(11)12)2-4(9)10;;;/h13H,1-2H2,(H,7,8)(H,9,10)(H,11,12);;;. The predicted octanol–water partition coefficient (Wildman–Crippen LogP) is -1.90. The normalized spacial score (nSPS) is 9.40. The molecule has 0 bridgehead atoms. The molecule has 0 saturated heterocycles. The summed E-state index contributed by atoms with van der Waals surface area (Å²) < 4.78 is 0. The summed E-state index contributed by atoms with van der Waals surface area (Å²) in [7, 11) is 0. The maximum atomic E-state index is 10.3. The van der Waals surface area contributed by atoms with Gasteiger partial charge in [-0.2, -0.15) is 0 Å². The van der Waals surface area contributed by atoms with Crippen molar-refractivity contribution in [3.05, 3.63) is 0 Å². The molecule has 9 heteroatoms. The van der Waals surface area contributed by atoms with Gasteiger partial charge in [0, 0.05) is 22.4 Å². The quantitative estimate of drug-likeness (QED) is 0.430. The van der Waals surface area contributed by atoms with E-state index in [1.165, 1.54) is 0 Å². The first-order chi connectivity index (χ1) is 5.78. The summed E-state index contributed by atoms with van der Waals surface area (Å²) in [4.78, 5) is 30.5. The van der Waals surface area contributed by atoms with Crippen molar-refractivity contribution in [1.29, 1.82) is 0 Å². The topological polar surface area (TPSA) is 132 Å². The van der Waals surface area contributed by atoms with Crippen molar-refractivity contribution >= 4 is 69.3 Å². The minimum atomic E-state index is -2.74. The number of aliphatic carboxylic acids is 3. The van der Waals surface area contributed by atoms with E-state index in [0.29, 0.717) is 0 Å². The molecule has 15 heavy (non-hydrogen) atoms. The van der Waals surface area contributed by atoms with Crippen molar-refractivity contribution in [2.45, 2.75) is 18.4 Å². The second-order valence-corrected chi connectivity index (χ2v) is 2.48. The van der Waals surface area contributed by atoms with Gasteiger partial charge in [-0.05, 0) is 0 Å². The van der Waals surface area contributed by atoms with Crippen LogP contribution in [0.1, 0.15) is 12.8 Å². The third kappa shape index (κ3) is 8.54. The number of carbonyl (C=O) groups is 3. The number of carboxylic acid groups (broad SMARTS) is 3. The van der Waals surface area contributed by atoms with Gasteiger partial charge in [-0.1, -0.05) is 0 Å². The molecule has 87 valence electrons. The van der Waals surface area contributed by atoms with Crippen LogP contribution >= 0.6 is 0 Å². The second-order valence-electron chi connectivity index (χ2n) is 2.48. The molecule has 0 unspecified atom stereocenters. The Kier molecular flexibility index (Phi) is 12.4. The van der Waals surface area contributed by atoms with E-state index >= 15 is 0 Å². The van der Waals surface area contributed by atoms with Gasteiger partial charge in [-0.3, -0.25) is 9.59 Å². The molecule has 0 amide bonds. The minimum absolute atomic E-state index is 0. The Morgan fingerprint density at radius 2 is 1.20 bits per heavy atom. The van der Waals surface area contributed by atoms with Crippen molar-refractivity contribution in [3.8, 4) is 0 Å². The summed E-state index contributed by atoms with van der Waals surface area (Å²) in [6, 6.07) is 0. The van der Waals surface area contributed by atoms with Gasteiger partial charge >= 0.3 is 69.3 Å². The summed E-state index contributed by atoms with van der Waals surface area (Å²) in [6.45, 7) is 0.